The highest BCUT2D eigenvalue weighted by atomic mass is 14.6. The highest BCUT2D eigenvalue weighted by Crippen LogP contribution is 2.44. The Hall–Kier alpha value is -5.93. The molecule has 0 amide bonds. The van der Waals surface area contributed by atoms with E-state index in [-0.39, 0.29) is 0 Å². The molecule has 3 heteroatoms. The van der Waals surface area contributed by atoms with E-state index >= 15 is 0 Å². The van der Waals surface area contributed by atoms with E-state index in [1.165, 1.54) is 60.0 Å². The molecule has 0 saturated carbocycles. The van der Waals surface area contributed by atoms with Gasteiger partial charge in [0.25, 0.3) is 0 Å². The van der Waals surface area contributed by atoms with Crippen LogP contribution in [-0.2, 0) is 0 Å². The zero-order valence-electron chi connectivity index (χ0n) is 23.8. The summed E-state index contributed by atoms with van der Waals surface area (Å²) in [4.78, 5) is 13.2. The van der Waals surface area contributed by atoms with Crippen LogP contribution >= 0.6 is 0 Å². The second kappa shape index (κ2) is 9.82. The van der Waals surface area contributed by atoms with E-state index in [0.29, 0.717) is 0 Å². The lowest BCUT2D eigenvalue weighted by atomic mass is 9.85. The highest BCUT2D eigenvalue weighted by Gasteiger charge is 2.17. The fourth-order valence-electron chi connectivity index (χ4n) is 6.83. The zero-order chi connectivity index (χ0) is 29.0. The summed E-state index contributed by atoms with van der Waals surface area (Å²) in [5.74, 6) is 0. The first-order valence-corrected chi connectivity index (χ1v) is 14.8. The van der Waals surface area contributed by atoms with Gasteiger partial charge >= 0.3 is 0 Å². The van der Waals surface area contributed by atoms with E-state index < -0.39 is 0 Å². The van der Waals surface area contributed by atoms with E-state index in [1.807, 2.05) is 49.3 Å². The zero-order valence-corrected chi connectivity index (χ0v) is 23.8. The smallest absolute Gasteiger partial charge is 0.0346 e. The Morgan fingerprint density at radius 2 is 0.886 bits per heavy atom. The first kappa shape index (κ1) is 24.6. The lowest BCUT2D eigenvalue weighted by Gasteiger charge is -2.18. The molecule has 204 valence electrons. The normalized spacial score (nSPS) is 11.6. The van der Waals surface area contributed by atoms with Crippen LogP contribution in [0.1, 0.15) is 0 Å². The minimum absolute atomic E-state index is 1.09. The predicted octanol–water partition coefficient (Wildman–Crippen LogP) is 10.6. The van der Waals surface area contributed by atoms with Crippen molar-refractivity contribution in [2.24, 2.45) is 0 Å². The summed E-state index contributed by atoms with van der Waals surface area (Å²) in [6, 6.07) is 41.9. The van der Waals surface area contributed by atoms with Crippen molar-refractivity contribution in [3.8, 4) is 44.5 Å². The number of aromatic nitrogens is 3. The number of rotatable bonds is 4. The van der Waals surface area contributed by atoms with Crippen molar-refractivity contribution in [3.05, 3.63) is 152 Å². The summed E-state index contributed by atoms with van der Waals surface area (Å²) in [5.41, 5.74) is 9.30. The van der Waals surface area contributed by atoms with Gasteiger partial charge in [0.15, 0.2) is 0 Å². The maximum absolute atomic E-state index is 4.41. The van der Waals surface area contributed by atoms with Gasteiger partial charge in [0.2, 0.25) is 0 Å². The monoisotopic (exact) mass is 559 g/mol. The van der Waals surface area contributed by atoms with E-state index in [9.17, 15) is 0 Å². The highest BCUT2D eigenvalue weighted by molar-refractivity contribution is 6.28. The van der Waals surface area contributed by atoms with Gasteiger partial charge in [0, 0.05) is 53.7 Å². The van der Waals surface area contributed by atoms with Crippen LogP contribution in [0.25, 0.3) is 87.6 Å². The molecule has 6 aromatic carbocycles. The van der Waals surface area contributed by atoms with Gasteiger partial charge in [-0.25, -0.2) is 0 Å². The molecule has 0 spiro atoms. The molecule has 9 aromatic rings. The Labute approximate surface area is 254 Å². The molecular formula is C41H25N3. The predicted molar refractivity (Wildman–Crippen MR) is 183 cm³/mol. The van der Waals surface area contributed by atoms with Gasteiger partial charge in [-0.3, -0.25) is 15.0 Å². The van der Waals surface area contributed by atoms with E-state index in [0.717, 1.165) is 27.6 Å². The van der Waals surface area contributed by atoms with Crippen molar-refractivity contribution in [3.63, 3.8) is 0 Å². The van der Waals surface area contributed by atoms with Gasteiger partial charge in [0.05, 0.1) is 0 Å². The van der Waals surface area contributed by atoms with Crippen LogP contribution in [0.4, 0.5) is 0 Å². The lowest BCUT2D eigenvalue weighted by molar-refractivity contribution is 1.32. The molecule has 9 rings (SSSR count). The van der Waals surface area contributed by atoms with E-state index in [2.05, 4.69) is 118 Å². The summed E-state index contributed by atoms with van der Waals surface area (Å²) in [7, 11) is 0. The Kier molecular flexibility index (Phi) is 5.50. The molecule has 0 radical (unpaired) electrons. The number of hydrogen-bond donors (Lipinski definition) is 0. The topological polar surface area (TPSA) is 38.7 Å². The van der Waals surface area contributed by atoms with Crippen molar-refractivity contribution < 1.29 is 0 Å². The van der Waals surface area contributed by atoms with Crippen LogP contribution in [0.2, 0.25) is 0 Å². The molecular weight excluding hydrogens is 534 g/mol. The molecule has 0 unspecified atom stereocenters. The number of hydrogen-bond acceptors (Lipinski definition) is 3. The van der Waals surface area contributed by atoms with Gasteiger partial charge in [-0.1, -0.05) is 78.9 Å². The molecule has 3 heterocycles. The molecule has 0 bridgehead atoms. The molecule has 0 saturated heterocycles. The lowest BCUT2D eigenvalue weighted by Crippen LogP contribution is -1.91. The molecule has 0 atom stereocenters. The maximum atomic E-state index is 4.41. The van der Waals surface area contributed by atoms with Gasteiger partial charge in [-0.2, -0.15) is 0 Å². The molecule has 0 aliphatic heterocycles. The van der Waals surface area contributed by atoms with Crippen LogP contribution in [0, 0.1) is 0 Å². The molecule has 3 nitrogen and oxygen atoms in total. The Morgan fingerprint density at radius 3 is 1.55 bits per heavy atom. The molecule has 0 aliphatic carbocycles. The Bertz CT molecular complexity index is 2420. The second-order valence-electron chi connectivity index (χ2n) is 11.3. The van der Waals surface area contributed by atoms with Crippen molar-refractivity contribution in [2.45, 2.75) is 0 Å². The maximum Gasteiger partial charge on any atom is 0.0346 e. The van der Waals surface area contributed by atoms with Crippen LogP contribution < -0.4 is 0 Å². The quantitative estimate of drug-likeness (QED) is 0.201. The molecule has 3 aromatic heterocycles. The largest absolute Gasteiger partial charge is 0.264 e. The van der Waals surface area contributed by atoms with E-state index in [1.54, 1.807) is 0 Å². The second-order valence-corrected chi connectivity index (χ2v) is 11.3. The first-order chi connectivity index (χ1) is 21.8. The fourth-order valence-corrected chi connectivity index (χ4v) is 6.83. The average molecular weight is 560 g/mol. The third-order valence-electron chi connectivity index (χ3n) is 8.87. The number of pyridine rings is 3. The Balaban J connectivity index is 1.32. The SMILES string of the molecule is c1cncc(-c2cc(-c3cccnc3)cc(-c3ccc4ccc5ccc(-c6cccc7cnccc67)c6ccc3c4c56)c2)c1. The summed E-state index contributed by atoms with van der Waals surface area (Å²) in [6.45, 7) is 0. The van der Waals surface area contributed by atoms with Crippen molar-refractivity contribution in [1.29, 1.82) is 0 Å². The van der Waals surface area contributed by atoms with E-state index in [4.69, 9.17) is 0 Å². The molecule has 44 heavy (non-hydrogen) atoms. The minimum atomic E-state index is 1.09. The van der Waals surface area contributed by atoms with Gasteiger partial charge < -0.3 is 0 Å². The van der Waals surface area contributed by atoms with Gasteiger partial charge in [0.1, 0.15) is 0 Å². The molecule has 0 fully saturated rings. The third kappa shape index (κ3) is 3.87. The van der Waals surface area contributed by atoms with Gasteiger partial charge in [-0.15, -0.1) is 0 Å². The van der Waals surface area contributed by atoms with Crippen LogP contribution in [-0.4, -0.2) is 15.0 Å². The standard InChI is InChI=1S/C41H25N3/c1-4-30-25-44-19-16-35(30)36(7-1)37-13-11-27-9-8-26-10-12-34(38-14-15-39(37)41(27)40(26)38)33-21-31(28-5-2-17-42-23-28)20-32(22-33)29-6-3-18-43-24-29/h1-25H. The summed E-state index contributed by atoms with van der Waals surface area (Å²) >= 11 is 0. The summed E-state index contributed by atoms with van der Waals surface area (Å²) in [6.07, 6.45) is 11.3. The molecule has 0 N–H and O–H groups in total. The number of nitrogens with zero attached hydrogens (tertiary/aromatic N) is 3. The number of benzene rings is 6. The third-order valence-corrected chi connectivity index (χ3v) is 8.87. The van der Waals surface area contributed by atoms with Crippen LogP contribution in [0.3, 0.4) is 0 Å². The molecule has 0 aliphatic rings. The summed E-state index contributed by atoms with van der Waals surface area (Å²) in [5, 5.41) is 9.99. The van der Waals surface area contributed by atoms with Crippen molar-refractivity contribution >= 4 is 43.1 Å². The van der Waals surface area contributed by atoms with Gasteiger partial charge in [-0.05, 0) is 107 Å². The van der Waals surface area contributed by atoms with Crippen molar-refractivity contribution in [2.75, 3.05) is 0 Å². The first-order valence-electron chi connectivity index (χ1n) is 14.8. The van der Waals surface area contributed by atoms with Crippen LogP contribution in [0.5, 0.6) is 0 Å². The average Bonchev–Trinajstić information content (AvgIpc) is 3.11. The fraction of sp³-hybridized carbons (Fsp3) is 0. The Morgan fingerprint density at radius 1 is 0.318 bits per heavy atom. The van der Waals surface area contributed by atoms with Crippen LogP contribution in [0.15, 0.2) is 152 Å². The van der Waals surface area contributed by atoms with Crippen molar-refractivity contribution in [1.82, 2.24) is 15.0 Å². The number of fused-ring (bicyclic) bond motifs is 1. The summed E-state index contributed by atoms with van der Waals surface area (Å²) < 4.78 is 0. The minimum Gasteiger partial charge on any atom is -0.264 e.